The molecule has 3 nitrogen and oxygen atoms in total. The minimum atomic E-state index is -1.10. The molecule has 0 bridgehead atoms. The highest BCUT2D eigenvalue weighted by molar-refractivity contribution is 6.54. The van der Waals surface area contributed by atoms with Crippen molar-refractivity contribution < 1.29 is 23.2 Å². The number of hydrogen-bond acceptors (Lipinski definition) is 3. The molecule has 0 radical (unpaired) electrons. The summed E-state index contributed by atoms with van der Waals surface area (Å²) in [6.45, 7) is 6.96. The van der Waals surface area contributed by atoms with Crippen molar-refractivity contribution in [2.45, 2.75) is 38.9 Å². The van der Waals surface area contributed by atoms with E-state index in [2.05, 4.69) is 11.8 Å². The highest BCUT2D eigenvalue weighted by Gasteiger charge is 2.53. The Morgan fingerprint density at radius 1 is 1.26 bits per heavy atom. The monoisotopic (exact) mass is 320 g/mol. The van der Waals surface area contributed by atoms with Crippen molar-refractivity contribution in [2.75, 3.05) is 6.61 Å². The van der Waals surface area contributed by atoms with Gasteiger partial charge in [0.05, 0.1) is 16.8 Å². The molecule has 0 spiro atoms. The molecule has 1 aromatic carbocycles. The van der Waals surface area contributed by atoms with Gasteiger partial charge in [-0.25, -0.2) is 8.78 Å². The summed E-state index contributed by atoms with van der Waals surface area (Å²) in [7, 11) is -1.10. The Labute approximate surface area is 135 Å². The SMILES string of the molecule is CC1(C)OB(C(F)=Cc2ccc(F)c(C#CCO)c2)OC1(C)C. The number of hydrogen-bond donors (Lipinski definition) is 1. The van der Waals surface area contributed by atoms with Crippen LogP contribution < -0.4 is 0 Å². The van der Waals surface area contributed by atoms with Crippen molar-refractivity contribution >= 4 is 13.2 Å². The Morgan fingerprint density at radius 2 is 1.87 bits per heavy atom. The van der Waals surface area contributed by atoms with E-state index in [1.165, 1.54) is 24.3 Å². The Hall–Kier alpha value is -1.68. The third kappa shape index (κ3) is 3.81. The number of rotatable bonds is 2. The van der Waals surface area contributed by atoms with E-state index in [9.17, 15) is 8.78 Å². The van der Waals surface area contributed by atoms with Crippen LogP contribution >= 0.6 is 0 Å². The van der Waals surface area contributed by atoms with Gasteiger partial charge in [-0.05, 0) is 51.5 Å². The topological polar surface area (TPSA) is 38.7 Å². The second kappa shape index (κ2) is 6.44. The first kappa shape index (κ1) is 17.7. The second-order valence-corrected chi connectivity index (χ2v) is 6.32. The average molecular weight is 320 g/mol. The molecule has 23 heavy (non-hydrogen) atoms. The lowest BCUT2D eigenvalue weighted by molar-refractivity contribution is 0.00578. The third-order valence-electron chi connectivity index (χ3n) is 4.08. The first-order chi connectivity index (χ1) is 10.7. The molecule has 0 amide bonds. The first-order valence-electron chi connectivity index (χ1n) is 7.28. The normalized spacial score (nSPS) is 19.4. The van der Waals surface area contributed by atoms with Gasteiger partial charge in [-0.1, -0.05) is 17.9 Å². The quantitative estimate of drug-likeness (QED) is 0.672. The Balaban J connectivity index is 2.25. The minimum absolute atomic E-state index is 0.0921. The molecule has 2 rings (SSSR count). The Morgan fingerprint density at radius 3 is 2.43 bits per heavy atom. The highest BCUT2D eigenvalue weighted by Crippen LogP contribution is 2.39. The van der Waals surface area contributed by atoms with Gasteiger partial charge in [-0.2, -0.15) is 0 Å². The van der Waals surface area contributed by atoms with Gasteiger partial charge >= 0.3 is 7.12 Å². The molecular weight excluding hydrogens is 301 g/mol. The molecule has 0 unspecified atom stereocenters. The minimum Gasteiger partial charge on any atom is -0.398 e. The van der Waals surface area contributed by atoms with Crippen LogP contribution in [0.1, 0.15) is 38.8 Å². The molecule has 0 aromatic heterocycles. The largest absolute Gasteiger partial charge is 0.525 e. The molecule has 0 saturated carbocycles. The summed E-state index contributed by atoms with van der Waals surface area (Å²) in [5.41, 5.74) is -1.35. The standard InChI is InChI=1S/C17H19BF2O3/c1-16(2)17(3,4)23-18(22-16)15(20)11-12-7-8-14(19)13(10-12)6-5-9-21/h7-8,10-11,21H,9H2,1-4H3. The van der Waals surface area contributed by atoms with Gasteiger partial charge in [0, 0.05) is 0 Å². The van der Waals surface area contributed by atoms with Gasteiger partial charge in [-0.15, -0.1) is 0 Å². The van der Waals surface area contributed by atoms with Crippen LogP contribution in [0.25, 0.3) is 6.08 Å². The number of aliphatic hydroxyl groups excluding tert-OH is 1. The zero-order chi connectivity index (χ0) is 17.3. The summed E-state index contributed by atoms with van der Waals surface area (Å²) >= 11 is 0. The zero-order valence-corrected chi connectivity index (χ0v) is 13.6. The molecule has 1 heterocycles. The fraction of sp³-hybridized carbons (Fsp3) is 0.412. The van der Waals surface area contributed by atoms with E-state index < -0.39 is 29.9 Å². The average Bonchev–Trinajstić information content (AvgIpc) is 2.68. The molecule has 1 aliphatic rings. The van der Waals surface area contributed by atoms with E-state index in [0.717, 1.165) is 0 Å². The summed E-state index contributed by atoms with van der Waals surface area (Å²) in [5.74, 6) is 4.32. The smallest absolute Gasteiger partial charge is 0.398 e. The third-order valence-corrected chi connectivity index (χ3v) is 4.08. The number of halogens is 2. The molecule has 1 N–H and O–H groups in total. The second-order valence-electron chi connectivity index (χ2n) is 6.32. The lowest BCUT2D eigenvalue weighted by Crippen LogP contribution is -2.41. The summed E-state index contributed by atoms with van der Waals surface area (Å²) < 4.78 is 39.2. The van der Waals surface area contributed by atoms with Crippen LogP contribution in [-0.2, 0) is 9.31 Å². The van der Waals surface area contributed by atoms with Crippen molar-refractivity contribution in [2.24, 2.45) is 0 Å². The van der Waals surface area contributed by atoms with Crippen LogP contribution in [0.2, 0.25) is 0 Å². The Kier molecular flexibility index (Phi) is 4.95. The summed E-state index contributed by atoms with van der Waals surface area (Å²) in [4.78, 5) is 0. The van der Waals surface area contributed by atoms with Crippen LogP contribution in [0.5, 0.6) is 0 Å². The van der Waals surface area contributed by atoms with Crippen molar-refractivity contribution in [3.8, 4) is 11.8 Å². The maximum absolute atomic E-state index is 14.4. The van der Waals surface area contributed by atoms with Crippen LogP contribution in [0.15, 0.2) is 23.9 Å². The predicted molar refractivity (Wildman–Crippen MR) is 85.5 cm³/mol. The van der Waals surface area contributed by atoms with Gasteiger partial charge in [0.25, 0.3) is 0 Å². The van der Waals surface area contributed by atoms with E-state index in [1.54, 1.807) is 0 Å². The van der Waals surface area contributed by atoms with Gasteiger partial charge in [0.1, 0.15) is 18.2 Å². The van der Waals surface area contributed by atoms with E-state index in [0.29, 0.717) is 5.56 Å². The van der Waals surface area contributed by atoms with Gasteiger partial charge in [0.15, 0.2) is 0 Å². The zero-order valence-electron chi connectivity index (χ0n) is 13.6. The molecule has 0 aliphatic carbocycles. The molecule has 1 fully saturated rings. The van der Waals surface area contributed by atoms with Crippen molar-refractivity contribution in [3.63, 3.8) is 0 Å². The molecule has 1 aliphatic heterocycles. The van der Waals surface area contributed by atoms with E-state index in [4.69, 9.17) is 14.4 Å². The fourth-order valence-corrected chi connectivity index (χ4v) is 2.05. The van der Waals surface area contributed by atoms with Gasteiger partial charge in [-0.3, -0.25) is 0 Å². The lowest BCUT2D eigenvalue weighted by atomic mass is 9.86. The predicted octanol–water partition coefficient (Wildman–Crippen LogP) is 3.11. The molecule has 1 aromatic rings. The first-order valence-corrected chi connectivity index (χ1v) is 7.28. The van der Waals surface area contributed by atoms with E-state index in [1.807, 2.05) is 27.7 Å². The summed E-state index contributed by atoms with van der Waals surface area (Å²) in [6.07, 6.45) is 1.23. The van der Waals surface area contributed by atoms with E-state index >= 15 is 0 Å². The highest BCUT2D eigenvalue weighted by atomic mass is 19.1. The maximum Gasteiger partial charge on any atom is 0.525 e. The number of aliphatic hydroxyl groups is 1. The van der Waals surface area contributed by atoms with Crippen LogP contribution in [-0.4, -0.2) is 30.0 Å². The van der Waals surface area contributed by atoms with Gasteiger partial charge in [0.2, 0.25) is 0 Å². The lowest BCUT2D eigenvalue weighted by Gasteiger charge is -2.32. The van der Waals surface area contributed by atoms with Crippen LogP contribution in [0.3, 0.4) is 0 Å². The maximum atomic E-state index is 14.4. The molecule has 122 valence electrons. The van der Waals surface area contributed by atoms with E-state index in [-0.39, 0.29) is 12.2 Å². The number of benzene rings is 1. The fourth-order valence-electron chi connectivity index (χ4n) is 2.05. The molecule has 1 saturated heterocycles. The van der Waals surface area contributed by atoms with Crippen molar-refractivity contribution in [1.29, 1.82) is 0 Å². The summed E-state index contributed by atoms with van der Waals surface area (Å²) in [6, 6.07) is 4.04. The van der Waals surface area contributed by atoms with Crippen LogP contribution in [0, 0.1) is 17.7 Å². The van der Waals surface area contributed by atoms with Crippen molar-refractivity contribution in [1.82, 2.24) is 0 Å². The van der Waals surface area contributed by atoms with Crippen molar-refractivity contribution in [3.05, 3.63) is 40.9 Å². The van der Waals surface area contributed by atoms with Gasteiger partial charge < -0.3 is 14.4 Å². The van der Waals surface area contributed by atoms with Crippen LogP contribution in [0.4, 0.5) is 8.78 Å². The molecule has 0 atom stereocenters. The molecule has 6 heteroatoms. The molecular formula is C17H19BF2O3. The Bertz CT molecular complexity index is 671. The summed E-state index contributed by atoms with van der Waals surface area (Å²) in [5, 5.41) is 8.67.